The van der Waals surface area contributed by atoms with E-state index in [1.54, 1.807) is 0 Å². The lowest BCUT2D eigenvalue weighted by Crippen LogP contribution is -2.42. The maximum Gasteiger partial charge on any atom is 0.0701 e. The Labute approximate surface area is 248 Å². The molecule has 0 saturated carbocycles. The molecule has 4 aliphatic carbocycles. The van der Waals surface area contributed by atoms with Crippen LogP contribution in [0, 0.1) is 11.8 Å². The van der Waals surface area contributed by atoms with E-state index >= 15 is 0 Å². The van der Waals surface area contributed by atoms with Crippen LogP contribution in [-0.2, 0) is 0 Å². The fraction of sp³-hybridized carbons (Fsp3) is 0.171. The zero-order valence-electron chi connectivity index (χ0n) is 23.8. The van der Waals surface area contributed by atoms with Gasteiger partial charge in [-0.3, -0.25) is 0 Å². The summed E-state index contributed by atoms with van der Waals surface area (Å²) in [5.74, 6) is 0.705. The SMILES string of the molecule is C1=CC(c2ccccc2)NC(C2=CC=C(C3=c4ccccc4=C(C4=c5ccccc5=CCC4)C4C=CC=CC34)CC2)=C1. The third kappa shape index (κ3) is 4.32. The van der Waals surface area contributed by atoms with Crippen LogP contribution >= 0.6 is 0 Å². The van der Waals surface area contributed by atoms with E-state index in [4.69, 9.17) is 0 Å². The number of rotatable bonds is 4. The van der Waals surface area contributed by atoms with Crippen LogP contribution in [0.1, 0.15) is 37.3 Å². The van der Waals surface area contributed by atoms with Crippen molar-refractivity contribution in [2.45, 2.75) is 31.7 Å². The van der Waals surface area contributed by atoms with E-state index in [2.05, 4.69) is 145 Å². The predicted octanol–water partition coefficient (Wildman–Crippen LogP) is 6.22. The van der Waals surface area contributed by atoms with Crippen LogP contribution in [0.15, 0.2) is 150 Å². The molecule has 1 aliphatic heterocycles. The van der Waals surface area contributed by atoms with Gasteiger partial charge in [-0.25, -0.2) is 0 Å². The minimum atomic E-state index is 0.214. The summed E-state index contributed by atoms with van der Waals surface area (Å²) in [5.41, 5.74) is 9.99. The van der Waals surface area contributed by atoms with E-state index in [1.807, 2.05) is 0 Å². The summed E-state index contributed by atoms with van der Waals surface area (Å²) in [6.07, 6.45) is 27.6. The van der Waals surface area contributed by atoms with Gasteiger partial charge >= 0.3 is 0 Å². The van der Waals surface area contributed by atoms with Gasteiger partial charge in [0, 0.05) is 17.5 Å². The number of hydrogen-bond donors (Lipinski definition) is 1. The van der Waals surface area contributed by atoms with E-state index < -0.39 is 0 Å². The molecule has 1 heteroatoms. The van der Waals surface area contributed by atoms with Gasteiger partial charge in [0.15, 0.2) is 0 Å². The Morgan fingerprint density at radius 1 is 0.548 bits per heavy atom. The number of nitrogens with one attached hydrogen (secondary N) is 1. The van der Waals surface area contributed by atoms with Gasteiger partial charge in [0.2, 0.25) is 0 Å². The van der Waals surface area contributed by atoms with Gasteiger partial charge < -0.3 is 5.32 Å². The standard InChI is InChI=1S/C41H35N/c1-2-13-29(14-3-1)38-22-11-23-39(42-38)30-24-26-31(27-25-30)40-34-17-6-8-19-36(34)41(37-20-9-7-18-35(37)40)33-21-10-15-28-12-4-5-16-32(28)33/h1-9,11-20,22-24,26,34,36,38,42H,10,21,25,27H2. The zero-order chi connectivity index (χ0) is 27.9. The van der Waals surface area contributed by atoms with Crippen molar-refractivity contribution in [3.63, 3.8) is 0 Å². The molecule has 1 N–H and O–H groups in total. The van der Waals surface area contributed by atoms with Crippen LogP contribution < -0.4 is 26.2 Å². The number of fused-ring (bicyclic) bond motifs is 3. The molecule has 1 heterocycles. The van der Waals surface area contributed by atoms with Gasteiger partial charge in [-0.15, -0.1) is 0 Å². The topological polar surface area (TPSA) is 12.0 Å². The highest BCUT2D eigenvalue weighted by Crippen LogP contribution is 2.43. The molecule has 3 aromatic carbocycles. The van der Waals surface area contributed by atoms with Crippen LogP contribution in [0.4, 0.5) is 0 Å². The minimum absolute atomic E-state index is 0.214. The Morgan fingerprint density at radius 3 is 2.00 bits per heavy atom. The van der Waals surface area contributed by atoms with Crippen LogP contribution in [-0.4, -0.2) is 0 Å². The molecule has 0 amide bonds. The Hall–Kier alpha value is -4.62. The van der Waals surface area contributed by atoms with Gasteiger partial charge in [-0.05, 0) is 86.1 Å². The van der Waals surface area contributed by atoms with Crippen LogP contribution in [0.2, 0.25) is 0 Å². The average molecular weight is 542 g/mol. The summed E-state index contributed by atoms with van der Waals surface area (Å²) in [4.78, 5) is 0. The molecule has 0 saturated heterocycles. The lowest BCUT2D eigenvalue weighted by molar-refractivity contribution is 0.676. The fourth-order valence-corrected chi connectivity index (χ4v) is 7.62. The lowest BCUT2D eigenvalue weighted by Gasteiger charge is -2.36. The second-order valence-corrected chi connectivity index (χ2v) is 11.9. The number of hydrogen-bond acceptors (Lipinski definition) is 1. The molecule has 42 heavy (non-hydrogen) atoms. The molecule has 0 fully saturated rings. The lowest BCUT2D eigenvalue weighted by atomic mass is 9.68. The van der Waals surface area contributed by atoms with E-state index in [0.717, 1.165) is 25.7 Å². The van der Waals surface area contributed by atoms with Gasteiger partial charge in [0.25, 0.3) is 0 Å². The highest BCUT2D eigenvalue weighted by atomic mass is 14.9. The Bertz CT molecular complexity index is 2010. The molecule has 0 bridgehead atoms. The number of benzene rings is 3. The average Bonchev–Trinajstić information content (AvgIpc) is 3.07. The first kappa shape index (κ1) is 25.1. The monoisotopic (exact) mass is 541 g/mol. The maximum absolute atomic E-state index is 3.79. The summed E-state index contributed by atoms with van der Waals surface area (Å²) in [6.45, 7) is 0. The van der Waals surface area contributed by atoms with E-state index in [-0.39, 0.29) is 6.04 Å². The summed E-state index contributed by atoms with van der Waals surface area (Å²) in [6, 6.07) is 29.1. The van der Waals surface area contributed by atoms with E-state index in [0.29, 0.717) is 11.8 Å². The molecule has 3 aromatic rings. The summed E-state index contributed by atoms with van der Waals surface area (Å²) < 4.78 is 0. The molecular formula is C41H35N. The van der Waals surface area contributed by atoms with E-state index in [9.17, 15) is 0 Å². The largest absolute Gasteiger partial charge is 0.375 e. The first-order chi connectivity index (χ1) is 20.8. The maximum atomic E-state index is 3.79. The van der Waals surface area contributed by atoms with Crippen molar-refractivity contribution in [3.8, 4) is 0 Å². The van der Waals surface area contributed by atoms with Crippen LogP contribution in [0.3, 0.4) is 0 Å². The molecule has 8 rings (SSSR count). The third-order valence-corrected chi connectivity index (χ3v) is 9.56. The second kappa shape index (κ2) is 10.7. The third-order valence-electron chi connectivity index (χ3n) is 9.56. The molecule has 0 radical (unpaired) electrons. The van der Waals surface area contributed by atoms with Crippen molar-refractivity contribution in [1.29, 1.82) is 0 Å². The van der Waals surface area contributed by atoms with Crippen molar-refractivity contribution in [2.75, 3.05) is 0 Å². The van der Waals surface area contributed by atoms with Crippen molar-refractivity contribution in [1.82, 2.24) is 5.32 Å². The Morgan fingerprint density at radius 2 is 1.21 bits per heavy atom. The molecular weight excluding hydrogens is 506 g/mol. The molecule has 0 aromatic heterocycles. The predicted molar refractivity (Wildman–Crippen MR) is 176 cm³/mol. The summed E-state index contributed by atoms with van der Waals surface area (Å²) in [5, 5.41) is 9.42. The van der Waals surface area contributed by atoms with Crippen molar-refractivity contribution < 1.29 is 0 Å². The van der Waals surface area contributed by atoms with E-state index in [1.165, 1.54) is 60.0 Å². The Kier molecular flexibility index (Phi) is 6.37. The quantitative estimate of drug-likeness (QED) is 0.414. The van der Waals surface area contributed by atoms with Gasteiger partial charge in [-0.1, -0.05) is 134 Å². The molecule has 0 spiro atoms. The first-order valence-corrected chi connectivity index (χ1v) is 15.4. The smallest absolute Gasteiger partial charge is 0.0701 e. The van der Waals surface area contributed by atoms with Crippen molar-refractivity contribution in [3.05, 3.63) is 177 Å². The van der Waals surface area contributed by atoms with Crippen LogP contribution in [0.5, 0.6) is 0 Å². The highest BCUT2D eigenvalue weighted by Gasteiger charge is 2.34. The fourth-order valence-electron chi connectivity index (χ4n) is 7.62. The molecule has 3 atom stereocenters. The number of dihydropyridines is 1. The molecule has 1 nitrogen and oxygen atoms in total. The minimum Gasteiger partial charge on any atom is -0.375 e. The van der Waals surface area contributed by atoms with Gasteiger partial charge in [0.05, 0.1) is 6.04 Å². The highest BCUT2D eigenvalue weighted by molar-refractivity contribution is 5.94. The Balaban J connectivity index is 1.25. The molecule has 3 unspecified atom stereocenters. The normalized spacial score (nSPS) is 24.0. The number of allylic oxidation sites excluding steroid dienone is 10. The van der Waals surface area contributed by atoms with Crippen molar-refractivity contribution >= 4 is 22.8 Å². The summed E-state index contributed by atoms with van der Waals surface area (Å²) in [7, 11) is 0. The zero-order valence-corrected chi connectivity index (χ0v) is 23.8. The van der Waals surface area contributed by atoms with Crippen molar-refractivity contribution in [2.24, 2.45) is 11.8 Å². The second-order valence-electron chi connectivity index (χ2n) is 11.9. The van der Waals surface area contributed by atoms with Gasteiger partial charge in [0.1, 0.15) is 0 Å². The molecule has 204 valence electrons. The first-order valence-electron chi connectivity index (χ1n) is 15.4. The van der Waals surface area contributed by atoms with Crippen LogP contribution in [0.25, 0.3) is 22.8 Å². The van der Waals surface area contributed by atoms with Gasteiger partial charge in [-0.2, -0.15) is 0 Å². The summed E-state index contributed by atoms with van der Waals surface area (Å²) >= 11 is 0. The molecule has 5 aliphatic rings.